The minimum absolute atomic E-state index is 0.258. The lowest BCUT2D eigenvalue weighted by Gasteiger charge is -2.24. The Morgan fingerprint density at radius 2 is 1.76 bits per heavy atom. The van der Waals surface area contributed by atoms with E-state index in [9.17, 15) is 0 Å². The molecule has 2 nitrogen and oxygen atoms in total. The largest absolute Gasteiger partial charge is 0.380 e. The van der Waals surface area contributed by atoms with Crippen molar-refractivity contribution in [3.05, 3.63) is 35.9 Å². The average molecular weight is 235 g/mol. The predicted molar refractivity (Wildman–Crippen MR) is 73.3 cm³/mol. The van der Waals surface area contributed by atoms with Crippen LogP contribution in [0.25, 0.3) is 0 Å². The normalized spacial score (nSPS) is 16.5. The number of aryl methyl sites for hydroxylation is 1. The molecule has 2 heteroatoms. The van der Waals surface area contributed by atoms with Crippen LogP contribution in [0.3, 0.4) is 0 Å². The van der Waals surface area contributed by atoms with Crippen molar-refractivity contribution in [1.82, 2.24) is 5.32 Å². The summed E-state index contributed by atoms with van der Waals surface area (Å²) in [5, 5.41) is 3.58. The third-order valence-corrected chi connectivity index (χ3v) is 3.33. The van der Waals surface area contributed by atoms with Crippen molar-refractivity contribution in [1.29, 1.82) is 0 Å². The van der Waals surface area contributed by atoms with Crippen molar-refractivity contribution in [2.75, 3.05) is 7.11 Å². The van der Waals surface area contributed by atoms with Gasteiger partial charge in [0.15, 0.2) is 0 Å². The molecule has 0 aliphatic carbocycles. The van der Waals surface area contributed by atoms with Crippen molar-refractivity contribution in [2.24, 2.45) is 0 Å². The van der Waals surface area contributed by atoms with Gasteiger partial charge in [0.1, 0.15) is 0 Å². The molecule has 0 saturated carbocycles. The molecular weight excluding hydrogens is 210 g/mol. The molecule has 3 atom stereocenters. The smallest absolute Gasteiger partial charge is 0.0693 e. The first-order valence-electron chi connectivity index (χ1n) is 6.46. The van der Waals surface area contributed by atoms with Gasteiger partial charge < -0.3 is 10.1 Å². The fourth-order valence-electron chi connectivity index (χ4n) is 1.90. The summed E-state index contributed by atoms with van der Waals surface area (Å²) in [4.78, 5) is 0. The SMILES string of the molecule is COC(C)C(C)NC(C)CCc1ccccc1. The van der Waals surface area contributed by atoms with Gasteiger partial charge in [0.05, 0.1) is 6.10 Å². The molecule has 0 fully saturated rings. The number of nitrogens with one attached hydrogen (secondary N) is 1. The van der Waals surface area contributed by atoms with Crippen LogP contribution in [0.1, 0.15) is 32.8 Å². The highest BCUT2D eigenvalue weighted by Gasteiger charge is 2.13. The van der Waals surface area contributed by atoms with E-state index in [2.05, 4.69) is 56.4 Å². The quantitative estimate of drug-likeness (QED) is 0.784. The van der Waals surface area contributed by atoms with Gasteiger partial charge in [0.2, 0.25) is 0 Å². The molecule has 1 aromatic carbocycles. The minimum atomic E-state index is 0.258. The van der Waals surface area contributed by atoms with Gasteiger partial charge in [-0.2, -0.15) is 0 Å². The van der Waals surface area contributed by atoms with E-state index in [1.165, 1.54) is 5.56 Å². The van der Waals surface area contributed by atoms with Crippen molar-refractivity contribution >= 4 is 0 Å². The van der Waals surface area contributed by atoms with E-state index in [1.807, 2.05) is 0 Å². The van der Waals surface area contributed by atoms with Gasteiger partial charge in [0, 0.05) is 19.2 Å². The van der Waals surface area contributed by atoms with Crippen LogP contribution in [0.4, 0.5) is 0 Å². The van der Waals surface area contributed by atoms with Gasteiger partial charge in [-0.3, -0.25) is 0 Å². The van der Waals surface area contributed by atoms with E-state index in [1.54, 1.807) is 7.11 Å². The molecule has 96 valence electrons. The van der Waals surface area contributed by atoms with E-state index in [0.717, 1.165) is 12.8 Å². The van der Waals surface area contributed by atoms with E-state index >= 15 is 0 Å². The second-order valence-corrected chi connectivity index (χ2v) is 4.82. The number of benzene rings is 1. The number of hydrogen-bond acceptors (Lipinski definition) is 2. The van der Waals surface area contributed by atoms with E-state index in [4.69, 9.17) is 4.74 Å². The zero-order chi connectivity index (χ0) is 12.7. The summed E-state index contributed by atoms with van der Waals surface area (Å²) in [7, 11) is 1.76. The lowest BCUT2D eigenvalue weighted by atomic mass is 10.1. The van der Waals surface area contributed by atoms with Gasteiger partial charge in [-0.15, -0.1) is 0 Å². The average Bonchev–Trinajstić information content (AvgIpc) is 2.36. The van der Waals surface area contributed by atoms with Crippen LogP contribution in [-0.2, 0) is 11.2 Å². The van der Waals surface area contributed by atoms with Crippen LogP contribution in [-0.4, -0.2) is 25.3 Å². The molecule has 0 aromatic heterocycles. The Labute approximate surface area is 105 Å². The number of rotatable bonds is 7. The Hall–Kier alpha value is -0.860. The van der Waals surface area contributed by atoms with Crippen LogP contribution >= 0.6 is 0 Å². The molecule has 0 aliphatic rings. The zero-order valence-corrected chi connectivity index (χ0v) is 11.4. The summed E-state index contributed by atoms with van der Waals surface area (Å²) in [6.07, 6.45) is 2.54. The number of methoxy groups -OCH3 is 1. The van der Waals surface area contributed by atoms with Crippen LogP contribution < -0.4 is 5.32 Å². The second kappa shape index (κ2) is 7.46. The first-order valence-corrected chi connectivity index (χ1v) is 6.46. The molecular formula is C15H25NO. The maximum Gasteiger partial charge on any atom is 0.0693 e. The molecule has 0 bridgehead atoms. The molecule has 1 aromatic rings. The first kappa shape index (κ1) is 14.2. The van der Waals surface area contributed by atoms with Crippen LogP contribution in [0, 0.1) is 0 Å². The van der Waals surface area contributed by atoms with Crippen LogP contribution in [0.2, 0.25) is 0 Å². The molecule has 1 rings (SSSR count). The van der Waals surface area contributed by atoms with E-state index < -0.39 is 0 Å². The summed E-state index contributed by atoms with van der Waals surface area (Å²) in [5.41, 5.74) is 1.41. The Bertz CT molecular complexity index is 299. The standard InChI is InChI=1S/C15H25NO/c1-12(16-13(2)14(3)17-4)10-11-15-8-6-5-7-9-15/h5-9,12-14,16H,10-11H2,1-4H3. The molecule has 0 saturated heterocycles. The highest BCUT2D eigenvalue weighted by molar-refractivity contribution is 5.14. The highest BCUT2D eigenvalue weighted by atomic mass is 16.5. The van der Waals surface area contributed by atoms with E-state index in [0.29, 0.717) is 12.1 Å². The van der Waals surface area contributed by atoms with Crippen LogP contribution in [0.5, 0.6) is 0 Å². The Morgan fingerprint density at radius 3 is 2.35 bits per heavy atom. The van der Waals surface area contributed by atoms with Gasteiger partial charge in [-0.05, 0) is 39.2 Å². The predicted octanol–water partition coefficient (Wildman–Crippen LogP) is 3.02. The van der Waals surface area contributed by atoms with Crippen molar-refractivity contribution in [3.63, 3.8) is 0 Å². The fourth-order valence-corrected chi connectivity index (χ4v) is 1.90. The summed E-state index contributed by atoms with van der Waals surface area (Å²) >= 11 is 0. The molecule has 0 radical (unpaired) electrons. The van der Waals surface area contributed by atoms with Gasteiger partial charge in [-0.1, -0.05) is 30.3 Å². The molecule has 1 N–H and O–H groups in total. The summed E-state index contributed by atoms with van der Waals surface area (Å²) in [5.74, 6) is 0. The molecule has 17 heavy (non-hydrogen) atoms. The molecule has 0 heterocycles. The minimum Gasteiger partial charge on any atom is -0.380 e. The second-order valence-electron chi connectivity index (χ2n) is 4.82. The van der Waals surface area contributed by atoms with Crippen molar-refractivity contribution in [3.8, 4) is 0 Å². The van der Waals surface area contributed by atoms with Gasteiger partial charge in [0.25, 0.3) is 0 Å². The third kappa shape index (κ3) is 5.33. The van der Waals surface area contributed by atoms with Crippen molar-refractivity contribution in [2.45, 2.75) is 51.8 Å². The zero-order valence-electron chi connectivity index (χ0n) is 11.4. The maximum atomic E-state index is 5.31. The fraction of sp³-hybridized carbons (Fsp3) is 0.600. The third-order valence-electron chi connectivity index (χ3n) is 3.33. The Balaban J connectivity index is 2.28. The van der Waals surface area contributed by atoms with Gasteiger partial charge >= 0.3 is 0 Å². The topological polar surface area (TPSA) is 21.3 Å². The van der Waals surface area contributed by atoms with Crippen LogP contribution in [0.15, 0.2) is 30.3 Å². The number of ether oxygens (including phenoxy) is 1. The molecule has 0 amide bonds. The summed E-state index contributed by atoms with van der Waals surface area (Å²) in [6.45, 7) is 6.51. The lowest BCUT2D eigenvalue weighted by molar-refractivity contribution is 0.0848. The van der Waals surface area contributed by atoms with Gasteiger partial charge in [-0.25, -0.2) is 0 Å². The Morgan fingerprint density at radius 1 is 1.12 bits per heavy atom. The highest BCUT2D eigenvalue weighted by Crippen LogP contribution is 2.06. The molecule has 0 spiro atoms. The van der Waals surface area contributed by atoms with E-state index in [-0.39, 0.29) is 6.10 Å². The summed E-state index contributed by atoms with van der Waals surface area (Å²) < 4.78 is 5.31. The lowest BCUT2D eigenvalue weighted by Crippen LogP contribution is -2.42. The number of hydrogen-bond donors (Lipinski definition) is 1. The summed E-state index contributed by atoms with van der Waals surface area (Å²) in [6, 6.07) is 11.6. The first-order chi connectivity index (χ1) is 8.13. The van der Waals surface area contributed by atoms with Crippen molar-refractivity contribution < 1.29 is 4.74 Å². The maximum absolute atomic E-state index is 5.31. The Kier molecular flexibility index (Phi) is 6.23. The molecule has 0 aliphatic heterocycles. The monoisotopic (exact) mass is 235 g/mol. The molecule has 3 unspecified atom stereocenters.